The molecule has 0 saturated heterocycles. The number of thiazole rings is 1. The first-order chi connectivity index (χ1) is 13.8. The number of anilines is 1. The first kappa shape index (κ1) is 20.6. The molecule has 0 saturated carbocycles. The fraction of sp³-hybridized carbons (Fsp3) is 0.190. The zero-order chi connectivity index (χ0) is 21.0. The van der Waals surface area contributed by atoms with E-state index in [0.717, 1.165) is 28.9 Å². The Hall–Kier alpha value is -3.13. The summed E-state index contributed by atoms with van der Waals surface area (Å²) in [4.78, 5) is 28.5. The van der Waals surface area contributed by atoms with Crippen molar-refractivity contribution < 1.29 is 23.1 Å². The number of aromatic nitrogens is 1. The maximum atomic E-state index is 13.6. The molecule has 1 N–H and O–H groups in total. The fourth-order valence-electron chi connectivity index (χ4n) is 2.57. The molecule has 0 unspecified atom stereocenters. The molecule has 0 bridgehead atoms. The van der Waals surface area contributed by atoms with Crippen molar-refractivity contribution in [3.8, 4) is 0 Å². The molecule has 0 atom stereocenters. The SMILES string of the molecule is Cc1ccc(C)c(NC(=O)Cc2nc(COC(=O)c3ccc(F)cc3F)cs2)c1. The normalized spacial score (nSPS) is 10.6. The number of hydrogen-bond donors (Lipinski definition) is 1. The molecule has 3 aromatic rings. The highest BCUT2D eigenvalue weighted by Gasteiger charge is 2.15. The molecule has 1 heterocycles. The molecule has 3 rings (SSSR count). The number of esters is 1. The highest BCUT2D eigenvalue weighted by atomic mass is 32.1. The molecule has 0 spiro atoms. The Morgan fingerprint density at radius 2 is 1.93 bits per heavy atom. The summed E-state index contributed by atoms with van der Waals surface area (Å²) in [6.07, 6.45) is 0.0819. The molecule has 8 heteroatoms. The Labute approximate surface area is 170 Å². The topological polar surface area (TPSA) is 68.3 Å². The van der Waals surface area contributed by atoms with Crippen molar-refractivity contribution >= 4 is 28.9 Å². The van der Waals surface area contributed by atoms with Crippen LogP contribution in [0.5, 0.6) is 0 Å². The van der Waals surface area contributed by atoms with Gasteiger partial charge in [0.1, 0.15) is 23.2 Å². The number of nitrogens with one attached hydrogen (secondary N) is 1. The molecule has 0 aliphatic heterocycles. The van der Waals surface area contributed by atoms with Gasteiger partial charge in [-0.15, -0.1) is 11.3 Å². The van der Waals surface area contributed by atoms with Gasteiger partial charge in [-0.1, -0.05) is 12.1 Å². The van der Waals surface area contributed by atoms with Crippen molar-refractivity contribution in [2.24, 2.45) is 0 Å². The zero-order valence-corrected chi connectivity index (χ0v) is 16.6. The number of carbonyl (C=O) groups excluding carboxylic acids is 2. The van der Waals surface area contributed by atoms with Crippen molar-refractivity contribution in [2.45, 2.75) is 26.9 Å². The Bertz CT molecular complexity index is 1070. The third-order valence-corrected chi connectivity index (χ3v) is 4.98. The van der Waals surface area contributed by atoms with Crippen LogP contribution in [-0.2, 0) is 22.6 Å². The van der Waals surface area contributed by atoms with Crippen LogP contribution in [0.3, 0.4) is 0 Å². The predicted octanol–water partition coefficient (Wildman–Crippen LogP) is 4.58. The molecule has 29 heavy (non-hydrogen) atoms. The molecule has 0 aliphatic rings. The van der Waals surface area contributed by atoms with E-state index in [0.29, 0.717) is 16.8 Å². The first-order valence-corrected chi connectivity index (χ1v) is 9.62. The number of rotatable bonds is 6. The largest absolute Gasteiger partial charge is 0.455 e. The summed E-state index contributed by atoms with van der Waals surface area (Å²) in [7, 11) is 0. The van der Waals surface area contributed by atoms with E-state index < -0.39 is 17.6 Å². The number of halogens is 2. The molecular weight excluding hydrogens is 398 g/mol. The van der Waals surface area contributed by atoms with Crippen LogP contribution in [0, 0.1) is 25.5 Å². The minimum Gasteiger partial charge on any atom is -0.455 e. The Morgan fingerprint density at radius 1 is 1.14 bits per heavy atom. The van der Waals surface area contributed by atoms with E-state index in [1.807, 2.05) is 32.0 Å². The average molecular weight is 416 g/mol. The number of nitrogens with zero attached hydrogens (tertiary/aromatic N) is 1. The summed E-state index contributed by atoms with van der Waals surface area (Å²) in [5.74, 6) is -2.88. The lowest BCUT2D eigenvalue weighted by molar-refractivity contribution is -0.115. The Kier molecular flexibility index (Phi) is 6.33. The van der Waals surface area contributed by atoms with E-state index in [-0.39, 0.29) is 24.5 Å². The maximum Gasteiger partial charge on any atom is 0.341 e. The number of aryl methyl sites for hydroxylation is 2. The van der Waals surface area contributed by atoms with Crippen molar-refractivity contribution in [3.63, 3.8) is 0 Å². The van der Waals surface area contributed by atoms with E-state index in [1.165, 1.54) is 11.3 Å². The van der Waals surface area contributed by atoms with Gasteiger partial charge in [0.2, 0.25) is 5.91 Å². The van der Waals surface area contributed by atoms with Gasteiger partial charge < -0.3 is 10.1 Å². The van der Waals surface area contributed by atoms with Crippen molar-refractivity contribution in [2.75, 3.05) is 5.32 Å². The van der Waals surface area contributed by atoms with Gasteiger partial charge in [-0.25, -0.2) is 18.6 Å². The van der Waals surface area contributed by atoms with Crippen LogP contribution in [-0.4, -0.2) is 16.9 Å². The van der Waals surface area contributed by atoms with Crippen molar-refractivity contribution in [1.29, 1.82) is 0 Å². The lowest BCUT2D eigenvalue weighted by atomic mass is 10.1. The van der Waals surface area contributed by atoms with Crippen LogP contribution in [0.1, 0.15) is 32.2 Å². The minimum atomic E-state index is -0.989. The smallest absolute Gasteiger partial charge is 0.341 e. The molecule has 0 radical (unpaired) electrons. The molecular formula is C21H18F2N2O3S. The molecule has 0 fully saturated rings. The van der Waals surface area contributed by atoms with Gasteiger partial charge in [-0.3, -0.25) is 4.79 Å². The second-order valence-electron chi connectivity index (χ2n) is 6.48. The predicted molar refractivity (Wildman–Crippen MR) is 106 cm³/mol. The average Bonchev–Trinajstić information content (AvgIpc) is 3.10. The monoisotopic (exact) mass is 416 g/mol. The van der Waals surface area contributed by atoms with Crippen LogP contribution < -0.4 is 5.32 Å². The Morgan fingerprint density at radius 3 is 2.69 bits per heavy atom. The van der Waals surface area contributed by atoms with E-state index in [1.54, 1.807) is 5.38 Å². The summed E-state index contributed by atoms with van der Waals surface area (Å²) < 4.78 is 31.5. The van der Waals surface area contributed by atoms with Crippen molar-refractivity contribution in [1.82, 2.24) is 4.98 Å². The highest BCUT2D eigenvalue weighted by molar-refractivity contribution is 7.09. The summed E-state index contributed by atoms with van der Waals surface area (Å²) in [6, 6.07) is 8.43. The number of amides is 1. The fourth-order valence-corrected chi connectivity index (χ4v) is 3.35. The summed E-state index contributed by atoms with van der Waals surface area (Å²) in [5, 5.41) is 5.08. The van der Waals surface area contributed by atoms with E-state index in [4.69, 9.17) is 4.74 Å². The van der Waals surface area contributed by atoms with Gasteiger partial charge >= 0.3 is 5.97 Å². The van der Waals surface area contributed by atoms with Gasteiger partial charge in [0.15, 0.2) is 0 Å². The van der Waals surface area contributed by atoms with Gasteiger partial charge in [-0.2, -0.15) is 0 Å². The summed E-state index contributed by atoms with van der Waals surface area (Å²) >= 11 is 1.26. The van der Waals surface area contributed by atoms with Gasteiger partial charge in [0, 0.05) is 17.1 Å². The van der Waals surface area contributed by atoms with Crippen LogP contribution in [0.4, 0.5) is 14.5 Å². The molecule has 1 aromatic heterocycles. The van der Waals surface area contributed by atoms with E-state index in [2.05, 4.69) is 10.3 Å². The minimum absolute atomic E-state index is 0.0819. The number of ether oxygens (including phenoxy) is 1. The third kappa shape index (κ3) is 5.45. The second kappa shape index (κ2) is 8.91. The molecule has 150 valence electrons. The van der Waals surface area contributed by atoms with Crippen LogP contribution in [0.15, 0.2) is 41.8 Å². The van der Waals surface area contributed by atoms with Crippen LogP contribution in [0.25, 0.3) is 0 Å². The number of benzene rings is 2. The van der Waals surface area contributed by atoms with Crippen LogP contribution in [0.2, 0.25) is 0 Å². The highest BCUT2D eigenvalue weighted by Crippen LogP contribution is 2.18. The lowest BCUT2D eigenvalue weighted by Gasteiger charge is -2.08. The quantitative estimate of drug-likeness (QED) is 0.598. The zero-order valence-electron chi connectivity index (χ0n) is 15.8. The number of carbonyl (C=O) groups is 2. The molecule has 2 aromatic carbocycles. The van der Waals surface area contributed by atoms with E-state index >= 15 is 0 Å². The maximum absolute atomic E-state index is 13.6. The summed E-state index contributed by atoms with van der Waals surface area (Å²) in [6.45, 7) is 3.68. The number of hydrogen-bond acceptors (Lipinski definition) is 5. The first-order valence-electron chi connectivity index (χ1n) is 8.74. The molecule has 1 amide bonds. The molecule has 5 nitrogen and oxygen atoms in total. The molecule has 0 aliphatic carbocycles. The summed E-state index contributed by atoms with van der Waals surface area (Å²) in [5.41, 5.74) is 2.85. The second-order valence-corrected chi connectivity index (χ2v) is 7.42. The Balaban J connectivity index is 1.55. The van der Waals surface area contributed by atoms with E-state index in [9.17, 15) is 18.4 Å². The third-order valence-electron chi connectivity index (χ3n) is 4.08. The van der Waals surface area contributed by atoms with Crippen LogP contribution >= 0.6 is 11.3 Å². The van der Waals surface area contributed by atoms with Gasteiger partial charge in [0.25, 0.3) is 0 Å². The van der Waals surface area contributed by atoms with Gasteiger partial charge in [0.05, 0.1) is 17.7 Å². The van der Waals surface area contributed by atoms with Crippen molar-refractivity contribution in [3.05, 3.63) is 80.8 Å². The lowest BCUT2D eigenvalue weighted by Crippen LogP contribution is -2.15. The standard InChI is InChI=1S/C21H18F2N2O3S/c1-12-3-4-13(2)18(7-12)25-19(26)9-20-24-15(11-29-20)10-28-21(27)16-6-5-14(22)8-17(16)23/h3-8,11H,9-10H2,1-2H3,(H,25,26). The van der Waals surface area contributed by atoms with Gasteiger partial charge in [-0.05, 0) is 43.2 Å².